The van der Waals surface area contributed by atoms with Crippen LogP contribution in [-0.4, -0.2) is 38.7 Å². The average Bonchev–Trinajstić information content (AvgIpc) is 2.87. The zero-order valence-electron chi connectivity index (χ0n) is 12.2. The number of likely N-dealkylation sites (N-methyl/N-ethyl adjacent to an activating group) is 1. The molecule has 0 saturated heterocycles. The van der Waals surface area contributed by atoms with Crippen LogP contribution >= 0.6 is 0 Å². The molecule has 2 aliphatic rings. The van der Waals surface area contributed by atoms with Crippen LogP contribution in [0.15, 0.2) is 6.07 Å². The van der Waals surface area contributed by atoms with Crippen LogP contribution < -0.4 is 19.1 Å². The molecule has 1 aromatic carbocycles. The van der Waals surface area contributed by atoms with Gasteiger partial charge in [0, 0.05) is 12.8 Å². The van der Waals surface area contributed by atoms with Crippen molar-refractivity contribution in [3.8, 4) is 17.2 Å². The molecule has 3 atom stereocenters. The van der Waals surface area contributed by atoms with Crippen LogP contribution in [0.3, 0.4) is 0 Å². The number of hydrogen-bond acceptors (Lipinski definition) is 4. The second-order valence-electron chi connectivity index (χ2n) is 5.70. The van der Waals surface area contributed by atoms with Gasteiger partial charge < -0.3 is 24.2 Å². The Balaban J connectivity index is 2.12. The highest BCUT2D eigenvalue weighted by molar-refractivity contribution is 5.61. The summed E-state index contributed by atoms with van der Waals surface area (Å²) in [5.74, 6) is 2.26. The number of methoxy groups -OCH3 is 1. The van der Waals surface area contributed by atoms with Crippen molar-refractivity contribution in [2.45, 2.75) is 31.9 Å². The van der Waals surface area contributed by atoms with E-state index in [9.17, 15) is 5.11 Å². The summed E-state index contributed by atoms with van der Waals surface area (Å²) in [4.78, 5) is 1.40. The lowest BCUT2D eigenvalue weighted by Crippen LogP contribution is -3.10. The second-order valence-corrected chi connectivity index (χ2v) is 5.70. The lowest BCUT2D eigenvalue weighted by molar-refractivity contribution is -0.915. The first-order valence-corrected chi connectivity index (χ1v) is 7.11. The van der Waals surface area contributed by atoms with E-state index in [-0.39, 0.29) is 18.9 Å². The molecule has 0 saturated carbocycles. The molecule has 0 aliphatic carbocycles. The minimum Gasteiger partial charge on any atom is -0.492 e. The van der Waals surface area contributed by atoms with Crippen LogP contribution in [0.1, 0.15) is 30.5 Å². The number of fused-ring (bicyclic) bond motifs is 2. The summed E-state index contributed by atoms with van der Waals surface area (Å²) in [6, 6.07) is 2.30. The van der Waals surface area contributed by atoms with E-state index in [1.807, 2.05) is 6.92 Å². The number of ether oxygens (including phenoxy) is 3. The molecule has 2 heterocycles. The number of hydrogen-bond donors (Lipinski definition) is 2. The fraction of sp³-hybridized carbons (Fsp3) is 0.600. The minimum absolute atomic E-state index is 0.225. The van der Waals surface area contributed by atoms with E-state index >= 15 is 0 Å². The third kappa shape index (κ3) is 2.11. The second kappa shape index (κ2) is 5.14. The molecule has 5 heteroatoms. The highest BCUT2D eigenvalue weighted by Crippen LogP contribution is 2.47. The summed E-state index contributed by atoms with van der Waals surface area (Å²) in [6.07, 6.45) is 1.37. The predicted molar refractivity (Wildman–Crippen MR) is 73.6 cm³/mol. The van der Waals surface area contributed by atoms with Gasteiger partial charge in [-0.2, -0.15) is 0 Å². The molecule has 0 bridgehead atoms. The van der Waals surface area contributed by atoms with Crippen LogP contribution in [0.5, 0.6) is 17.2 Å². The zero-order chi connectivity index (χ0) is 14.3. The van der Waals surface area contributed by atoms with Crippen LogP contribution in [0, 0.1) is 0 Å². The first kappa shape index (κ1) is 13.5. The Morgan fingerprint density at radius 1 is 1.50 bits per heavy atom. The van der Waals surface area contributed by atoms with E-state index in [0.717, 1.165) is 30.9 Å². The Labute approximate surface area is 119 Å². The summed E-state index contributed by atoms with van der Waals surface area (Å²) in [7, 11) is 3.83. The van der Waals surface area contributed by atoms with Gasteiger partial charge in [-0.1, -0.05) is 0 Å². The maximum Gasteiger partial charge on any atom is 0.231 e. The van der Waals surface area contributed by atoms with Gasteiger partial charge >= 0.3 is 0 Å². The van der Waals surface area contributed by atoms with Crippen molar-refractivity contribution in [2.75, 3.05) is 27.5 Å². The standard InChI is InChI=1S/C15H21NO4/c1-9(17)6-11-13-10(4-5-16(11)2)7-12-14(15(13)18-3)20-8-19-12/h7,9,11,17H,4-6,8H2,1-3H3/p+1/t9-,11-/m0/s1. The Hall–Kier alpha value is -1.46. The number of aliphatic hydroxyl groups is 1. The zero-order valence-corrected chi connectivity index (χ0v) is 12.2. The van der Waals surface area contributed by atoms with Crippen molar-refractivity contribution < 1.29 is 24.2 Å². The third-order valence-corrected chi connectivity index (χ3v) is 4.26. The van der Waals surface area contributed by atoms with Gasteiger partial charge in [0.25, 0.3) is 0 Å². The first-order chi connectivity index (χ1) is 9.61. The fourth-order valence-corrected chi connectivity index (χ4v) is 3.28. The highest BCUT2D eigenvalue weighted by atomic mass is 16.7. The van der Waals surface area contributed by atoms with Crippen molar-refractivity contribution in [1.82, 2.24) is 0 Å². The number of nitrogens with one attached hydrogen (secondary N) is 1. The van der Waals surface area contributed by atoms with E-state index in [0.29, 0.717) is 5.75 Å². The summed E-state index contributed by atoms with van der Waals surface area (Å²) >= 11 is 0. The Kier molecular flexibility index (Phi) is 3.48. The number of aliphatic hydroxyl groups excluding tert-OH is 1. The number of rotatable bonds is 3. The fourth-order valence-electron chi connectivity index (χ4n) is 3.28. The Morgan fingerprint density at radius 3 is 3.00 bits per heavy atom. The van der Waals surface area contributed by atoms with E-state index < -0.39 is 0 Å². The summed E-state index contributed by atoms with van der Waals surface area (Å²) in [5.41, 5.74) is 2.42. The van der Waals surface area contributed by atoms with Crippen LogP contribution in [-0.2, 0) is 6.42 Å². The molecular weight excluding hydrogens is 258 g/mol. The van der Waals surface area contributed by atoms with Gasteiger partial charge in [-0.25, -0.2) is 0 Å². The van der Waals surface area contributed by atoms with Crippen LogP contribution in [0.2, 0.25) is 0 Å². The Morgan fingerprint density at radius 2 is 2.30 bits per heavy atom. The van der Waals surface area contributed by atoms with Gasteiger partial charge in [-0.05, 0) is 18.6 Å². The van der Waals surface area contributed by atoms with Crippen LogP contribution in [0.25, 0.3) is 0 Å². The molecule has 0 fully saturated rings. The third-order valence-electron chi connectivity index (χ3n) is 4.26. The Bertz CT molecular complexity index is 515. The normalized spacial score (nSPS) is 25.2. The monoisotopic (exact) mass is 280 g/mol. The summed E-state index contributed by atoms with van der Waals surface area (Å²) in [6.45, 7) is 3.13. The lowest BCUT2D eigenvalue weighted by Gasteiger charge is -2.33. The van der Waals surface area contributed by atoms with E-state index in [1.165, 1.54) is 16.0 Å². The molecule has 0 radical (unpaired) electrons. The molecule has 20 heavy (non-hydrogen) atoms. The minimum atomic E-state index is -0.337. The molecule has 0 aromatic heterocycles. The van der Waals surface area contributed by atoms with Gasteiger partial charge in [0.1, 0.15) is 6.04 Å². The van der Waals surface area contributed by atoms with Crippen molar-refractivity contribution in [3.05, 3.63) is 17.2 Å². The van der Waals surface area contributed by atoms with Gasteiger partial charge in [-0.15, -0.1) is 0 Å². The van der Waals surface area contributed by atoms with Crippen molar-refractivity contribution in [2.24, 2.45) is 0 Å². The van der Waals surface area contributed by atoms with E-state index in [4.69, 9.17) is 14.2 Å². The molecule has 1 unspecified atom stereocenters. The predicted octanol–water partition coefficient (Wildman–Crippen LogP) is 0.307. The molecule has 2 N–H and O–H groups in total. The number of quaternary nitrogens is 1. The molecular formula is C15H22NO4+. The lowest BCUT2D eigenvalue weighted by atomic mass is 9.88. The maximum atomic E-state index is 9.79. The summed E-state index contributed by atoms with van der Waals surface area (Å²) in [5, 5.41) is 9.79. The molecule has 0 amide bonds. The largest absolute Gasteiger partial charge is 0.492 e. The molecule has 2 aliphatic heterocycles. The van der Waals surface area contributed by atoms with Crippen molar-refractivity contribution >= 4 is 0 Å². The van der Waals surface area contributed by atoms with E-state index in [2.05, 4.69) is 13.1 Å². The van der Waals surface area contributed by atoms with Crippen molar-refractivity contribution in [1.29, 1.82) is 0 Å². The SMILES string of the molecule is COc1c2c(cc3c1[C@H](C[C@H](C)O)[NH+](C)CC3)OCO2. The average molecular weight is 280 g/mol. The highest BCUT2D eigenvalue weighted by Gasteiger charge is 2.36. The smallest absolute Gasteiger partial charge is 0.231 e. The van der Waals surface area contributed by atoms with E-state index in [1.54, 1.807) is 7.11 Å². The maximum absolute atomic E-state index is 9.79. The van der Waals surface area contributed by atoms with Gasteiger partial charge in [0.05, 0.1) is 32.4 Å². The molecule has 5 nitrogen and oxygen atoms in total. The van der Waals surface area contributed by atoms with Crippen molar-refractivity contribution in [3.63, 3.8) is 0 Å². The molecule has 110 valence electrons. The molecule has 1 aromatic rings. The van der Waals surface area contributed by atoms with Gasteiger partial charge in [0.2, 0.25) is 12.5 Å². The molecule has 0 spiro atoms. The van der Waals surface area contributed by atoms with Crippen LogP contribution in [0.4, 0.5) is 0 Å². The quantitative estimate of drug-likeness (QED) is 0.836. The van der Waals surface area contributed by atoms with Gasteiger partial charge in [-0.3, -0.25) is 0 Å². The molecule has 3 rings (SSSR count). The summed E-state index contributed by atoms with van der Waals surface area (Å²) < 4.78 is 16.7. The topological polar surface area (TPSA) is 52.4 Å². The first-order valence-electron chi connectivity index (χ1n) is 7.11. The number of benzene rings is 1. The van der Waals surface area contributed by atoms with Gasteiger partial charge in [0.15, 0.2) is 11.5 Å².